The van der Waals surface area contributed by atoms with E-state index in [4.69, 9.17) is 4.74 Å². The fourth-order valence-corrected chi connectivity index (χ4v) is 3.33. The lowest BCUT2D eigenvalue weighted by Crippen LogP contribution is -2.23. The maximum atomic E-state index is 13.0. The molecule has 4 nitrogen and oxygen atoms in total. The molecule has 170 valence electrons. The molecule has 0 spiro atoms. The highest BCUT2D eigenvalue weighted by Crippen LogP contribution is 2.32. The van der Waals surface area contributed by atoms with Gasteiger partial charge < -0.3 is 10.1 Å². The lowest BCUT2D eigenvalue weighted by molar-refractivity contribution is -0.137. The average molecular weight is 444 g/mol. The molecule has 3 aromatic rings. The van der Waals surface area contributed by atoms with Gasteiger partial charge in [-0.1, -0.05) is 51.8 Å². The first kappa shape index (κ1) is 23.6. The number of amides is 1. The van der Waals surface area contributed by atoms with Gasteiger partial charge in [0.15, 0.2) is 0 Å². The van der Waals surface area contributed by atoms with Gasteiger partial charge in [-0.15, -0.1) is 0 Å². The summed E-state index contributed by atoms with van der Waals surface area (Å²) < 4.78 is 44.7. The Hall–Kier alpha value is -3.09. The SMILES string of the molecule is CCC(C)(CC)CC(=O)Nc1cccc(OCc2ccc3ccc(C(F)(F)F)cc3n2)c1. The van der Waals surface area contributed by atoms with E-state index in [-0.39, 0.29) is 23.4 Å². The smallest absolute Gasteiger partial charge is 0.416 e. The van der Waals surface area contributed by atoms with Gasteiger partial charge in [-0.25, -0.2) is 4.98 Å². The van der Waals surface area contributed by atoms with E-state index in [0.29, 0.717) is 28.9 Å². The number of aromatic nitrogens is 1. The maximum Gasteiger partial charge on any atom is 0.416 e. The Labute approximate surface area is 185 Å². The second kappa shape index (κ2) is 9.59. The molecule has 0 atom stereocenters. The predicted octanol–water partition coefficient (Wildman–Crippen LogP) is 6.99. The number of pyridine rings is 1. The summed E-state index contributed by atoms with van der Waals surface area (Å²) in [7, 11) is 0. The summed E-state index contributed by atoms with van der Waals surface area (Å²) in [5, 5.41) is 3.53. The summed E-state index contributed by atoms with van der Waals surface area (Å²) in [6.07, 6.45) is -2.14. The van der Waals surface area contributed by atoms with Crippen LogP contribution in [0.2, 0.25) is 0 Å². The molecule has 0 radical (unpaired) electrons. The van der Waals surface area contributed by atoms with Gasteiger partial charge in [0.2, 0.25) is 5.91 Å². The van der Waals surface area contributed by atoms with Crippen LogP contribution in [-0.4, -0.2) is 10.9 Å². The monoisotopic (exact) mass is 444 g/mol. The van der Waals surface area contributed by atoms with E-state index in [0.717, 1.165) is 25.0 Å². The number of benzene rings is 2. The molecule has 0 bridgehead atoms. The van der Waals surface area contributed by atoms with Crippen molar-refractivity contribution in [2.45, 2.75) is 52.8 Å². The number of nitrogens with zero attached hydrogens (tertiary/aromatic N) is 1. The van der Waals surface area contributed by atoms with Gasteiger partial charge in [0.1, 0.15) is 12.4 Å². The van der Waals surface area contributed by atoms with Crippen molar-refractivity contribution in [3.63, 3.8) is 0 Å². The third-order valence-corrected chi connectivity index (χ3v) is 5.88. The van der Waals surface area contributed by atoms with Crippen LogP contribution in [0.4, 0.5) is 18.9 Å². The van der Waals surface area contributed by atoms with Gasteiger partial charge in [0.25, 0.3) is 0 Å². The number of hydrogen-bond acceptors (Lipinski definition) is 3. The summed E-state index contributed by atoms with van der Waals surface area (Å²) in [4.78, 5) is 16.7. The van der Waals surface area contributed by atoms with Crippen molar-refractivity contribution < 1.29 is 22.7 Å². The maximum absolute atomic E-state index is 13.0. The zero-order valence-corrected chi connectivity index (χ0v) is 18.4. The Morgan fingerprint density at radius 3 is 2.44 bits per heavy atom. The van der Waals surface area contributed by atoms with E-state index < -0.39 is 11.7 Å². The molecule has 32 heavy (non-hydrogen) atoms. The van der Waals surface area contributed by atoms with E-state index in [2.05, 4.69) is 31.1 Å². The molecule has 1 N–H and O–H groups in total. The molecule has 3 rings (SSSR count). The minimum atomic E-state index is -4.42. The van der Waals surface area contributed by atoms with Gasteiger partial charge in [0.05, 0.1) is 16.8 Å². The van der Waals surface area contributed by atoms with E-state index in [1.165, 1.54) is 6.07 Å². The van der Waals surface area contributed by atoms with Crippen LogP contribution in [0.1, 0.15) is 51.3 Å². The third-order valence-electron chi connectivity index (χ3n) is 5.88. The highest BCUT2D eigenvalue weighted by Gasteiger charge is 2.30. The van der Waals surface area contributed by atoms with Crippen molar-refractivity contribution in [3.8, 4) is 5.75 Å². The molecule has 0 saturated carbocycles. The number of carbonyl (C=O) groups excluding carboxylic acids is 1. The number of hydrogen-bond donors (Lipinski definition) is 1. The molecule has 1 amide bonds. The Morgan fingerprint density at radius 1 is 1.03 bits per heavy atom. The van der Waals surface area contributed by atoms with Crippen LogP contribution in [0.5, 0.6) is 5.75 Å². The molecule has 7 heteroatoms. The van der Waals surface area contributed by atoms with E-state index in [1.807, 2.05) is 0 Å². The highest BCUT2D eigenvalue weighted by molar-refractivity contribution is 5.91. The minimum Gasteiger partial charge on any atom is -0.487 e. The van der Waals surface area contributed by atoms with Crippen LogP contribution >= 0.6 is 0 Å². The van der Waals surface area contributed by atoms with Crippen molar-refractivity contribution in [2.75, 3.05) is 5.32 Å². The normalized spacial score (nSPS) is 12.1. The first-order valence-electron chi connectivity index (χ1n) is 10.6. The molecule has 1 aromatic heterocycles. The molecular weight excluding hydrogens is 417 g/mol. The molecule has 0 saturated heterocycles. The van der Waals surface area contributed by atoms with Crippen LogP contribution in [0.25, 0.3) is 10.9 Å². The second-order valence-electron chi connectivity index (χ2n) is 8.27. The molecule has 1 heterocycles. The molecule has 0 aliphatic carbocycles. The molecule has 2 aromatic carbocycles. The van der Waals surface area contributed by atoms with Gasteiger partial charge in [-0.05, 0) is 35.7 Å². The highest BCUT2D eigenvalue weighted by atomic mass is 19.4. The number of alkyl halides is 3. The minimum absolute atomic E-state index is 0.0358. The first-order valence-corrected chi connectivity index (χ1v) is 10.6. The number of nitrogens with one attached hydrogen (secondary N) is 1. The number of ether oxygens (including phenoxy) is 1. The zero-order chi connectivity index (χ0) is 23.4. The standard InChI is InChI=1S/C25H27F3N2O2/c1-4-24(3,5-2)15-23(31)30-19-7-6-8-21(14-19)32-16-20-12-10-17-9-11-18(25(26,27)28)13-22(17)29-20/h6-14H,4-5,15-16H2,1-3H3,(H,30,31). The number of rotatable bonds is 8. The fourth-order valence-electron chi connectivity index (χ4n) is 3.33. The van der Waals surface area contributed by atoms with Crippen molar-refractivity contribution in [3.05, 3.63) is 65.9 Å². The lowest BCUT2D eigenvalue weighted by Gasteiger charge is -2.25. The summed E-state index contributed by atoms with van der Waals surface area (Å²) >= 11 is 0. The predicted molar refractivity (Wildman–Crippen MR) is 119 cm³/mol. The first-order chi connectivity index (χ1) is 15.1. The Kier molecular flexibility index (Phi) is 7.06. The Morgan fingerprint density at radius 2 is 1.75 bits per heavy atom. The summed E-state index contributed by atoms with van der Waals surface area (Å²) in [5.74, 6) is 0.479. The van der Waals surface area contributed by atoms with Gasteiger partial charge in [-0.2, -0.15) is 13.2 Å². The molecule has 0 fully saturated rings. The van der Waals surface area contributed by atoms with Crippen molar-refractivity contribution in [2.24, 2.45) is 5.41 Å². The topological polar surface area (TPSA) is 51.2 Å². The van der Waals surface area contributed by atoms with Crippen molar-refractivity contribution >= 4 is 22.5 Å². The summed E-state index contributed by atoms with van der Waals surface area (Å²) in [6.45, 7) is 6.35. The Balaban J connectivity index is 1.67. The van der Waals surface area contributed by atoms with E-state index >= 15 is 0 Å². The van der Waals surface area contributed by atoms with Crippen molar-refractivity contribution in [1.82, 2.24) is 4.98 Å². The molecule has 0 aliphatic heterocycles. The van der Waals surface area contributed by atoms with Gasteiger partial charge in [-0.3, -0.25) is 4.79 Å². The summed E-state index contributed by atoms with van der Waals surface area (Å²) in [5.41, 5.74) is 0.626. The van der Waals surface area contributed by atoms with Crippen molar-refractivity contribution in [1.29, 1.82) is 0 Å². The van der Waals surface area contributed by atoms with Crippen LogP contribution in [0.3, 0.4) is 0 Å². The lowest BCUT2D eigenvalue weighted by atomic mass is 9.81. The van der Waals surface area contributed by atoms with Crippen LogP contribution in [-0.2, 0) is 17.6 Å². The molecular formula is C25H27F3N2O2. The molecule has 0 aliphatic rings. The zero-order valence-electron chi connectivity index (χ0n) is 18.4. The second-order valence-corrected chi connectivity index (χ2v) is 8.27. The van der Waals surface area contributed by atoms with Crippen LogP contribution in [0.15, 0.2) is 54.6 Å². The number of halogens is 3. The number of anilines is 1. The van der Waals surface area contributed by atoms with Crippen LogP contribution in [0, 0.1) is 5.41 Å². The quantitative estimate of drug-likeness (QED) is 0.407. The van der Waals surface area contributed by atoms with Gasteiger partial charge >= 0.3 is 6.18 Å². The number of fused-ring (bicyclic) bond motifs is 1. The Bertz CT molecular complexity index is 1090. The van der Waals surface area contributed by atoms with Crippen LogP contribution < -0.4 is 10.1 Å². The fraction of sp³-hybridized carbons (Fsp3) is 0.360. The summed E-state index contributed by atoms with van der Waals surface area (Å²) in [6, 6.07) is 14.0. The van der Waals surface area contributed by atoms with Gasteiger partial charge in [0, 0.05) is 23.6 Å². The van der Waals surface area contributed by atoms with E-state index in [1.54, 1.807) is 36.4 Å². The largest absolute Gasteiger partial charge is 0.487 e. The van der Waals surface area contributed by atoms with E-state index in [9.17, 15) is 18.0 Å². The number of carbonyl (C=O) groups is 1. The molecule has 0 unspecified atom stereocenters. The third kappa shape index (κ3) is 5.99. The average Bonchev–Trinajstić information content (AvgIpc) is 2.76.